The molecule has 1 spiro atoms. The van der Waals surface area contributed by atoms with Crippen molar-refractivity contribution in [2.24, 2.45) is 11.8 Å². The quantitative estimate of drug-likeness (QED) is 0.280. The van der Waals surface area contributed by atoms with Crippen LogP contribution in [0.2, 0.25) is 0 Å². The fourth-order valence-corrected chi connectivity index (χ4v) is 9.14. The fraction of sp³-hybridized carbons (Fsp3) is 0.462. The number of likely N-dealkylation sites (tertiary alicyclic amines) is 1. The van der Waals surface area contributed by atoms with Gasteiger partial charge in [0.05, 0.1) is 13.2 Å². The number of carbonyl (C=O) groups is 1. The molecule has 1 amide bonds. The van der Waals surface area contributed by atoms with Crippen LogP contribution in [-0.4, -0.2) is 65.7 Å². The highest BCUT2D eigenvalue weighted by atomic mass is 16.5. The van der Waals surface area contributed by atoms with Crippen LogP contribution in [0.5, 0.6) is 17.2 Å². The van der Waals surface area contributed by atoms with Crippen LogP contribution in [0.4, 0.5) is 0 Å². The predicted molar refractivity (Wildman–Crippen MR) is 178 cm³/mol. The Morgan fingerprint density at radius 2 is 1.98 bits per heavy atom. The van der Waals surface area contributed by atoms with E-state index in [1.165, 1.54) is 11.1 Å². The molecule has 0 aromatic heterocycles. The second kappa shape index (κ2) is 11.9. The number of carbonyl (C=O) groups excluding carboxylic acids is 1. The van der Waals surface area contributed by atoms with E-state index in [2.05, 4.69) is 73.0 Å². The highest BCUT2D eigenvalue weighted by Gasteiger charge is 2.67. The van der Waals surface area contributed by atoms with Crippen molar-refractivity contribution in [1.29, 1.82) is 0 Å². The molecule has 4 aliphatic rings. The lowest BCUT2D eigenvalue weighted by atomic mass is 9.50. The van der Waals surface area contributed by atoms with Gasteiger partial charge in [0.25, 0.3) is 0 Å². The number of methoxy groups -OCH3 is 1. The Morgan fingerprint density at radius 3 is 2.73 bits per heavy atom. The van der Waals surface area contributed by atoms with Gasteiger partial charge < -0.3 is 19.5 Å². The summed E-state index contributed by atoms with van der Waals surface area (Å²) < 4.78 is 12.9. The van der Waals surface area contributed by atoms with E-state index >= 15 is 0 Å². The van der Waals surface area contributed by atoms with Crippen LogP contribution in [0.1, 0.15) is 60.9 Å². The Bertz CT molecular complexity index is 1600. The predicted octanol–water partition coefficient (Wildman–Crippen LogP) is 6.56. The van der Waals surface area contributed by atoms with Crippen LogP contribution >= 0.6 is 0 Å². The molecule has 1 saturated heterocycles. The minimum Gasteiger partial charge on any atom is -0.508 e. The van der Waals surface area contributed by atoms with Gasteiger partial charge >= 0.3 is 0 Å². The molecule has 3 aromatic rings. The molecular formula is C39H46N2O4. The number of hydrogen-bond acceptors (Lipinski definition) is 5. The molecule has 3 aromatic carbocycles. The Balaban J connectivity index is 1.25. The SMILES string of the molecule is COc1cc(O)c2c3c1O[C@H]1[C@@H](N(CC(C)C)C(=O)C=Cc4cccc(C)c4)CC[C@H]4[C@@H](C2)N(CCc2ccccc2)CC[C@@]341. The van der Waals surface area contributed by atoms with Crippen molar-refractivity contribution < 1.29 is 19.4 Å². The first-order chi connectivity index (χ1) is 21.8. The van der Waals surface area contributed by atoms with Gasteiger partial charge in [0.15, 0.2) is 11.5 Å². The van der Waals surface area contributed by atoms with Crippen LogP contribution in [0.3, 0.4) is 0 Å². The number of phenolic OH excluding ortho intramolecular Hbond substituents is 1. The van der Waals surface area contributed by atoms with Gasteiger partial charge in [-0.3, -0.25) is 9.69 Å². The van der Waals surface area contributed by atoms with Crippen molar-refractivity contribution in [2.75, 3.05) is 26.7 Å². The van der Waals surface area contributed by atoms with Gasteiger partial charge in [-0.1, -0.05) is 74.0 Å². The zero-order valence-electron chi connectivity index (χ0n) is 27.0. The molecule has 0 radical (unpaired) electrons. The zero-order valence-corrected chi connectivity index (χ0v) is 27.0. The number of ether oxygens (including phenoxy) is 2. The molecule has 6 nitrogen and oxygen atoms in total. The topological polar surface area (TPSA) is 62.2 Å². The summed E-state index contributed by atoms with van der Waals surface area (Å²) in [6.07, 6.45) is 8.19. The van der Waals surface area contributed by atoms with Crippen LogP contribution in [0.25, 0.3) is 6.08 Å². The summed E-state index contributed by atoms with van der Waals surface area (Å²) in [5.41, 5.74) is 5.47. The van der Waals surface area contributed by atoms with E-state index in [-0.39, 0.29) is 23.5 Å². The largest absolute Gasteiger partial charge is 0.508 e. The maximum atomic E-state index is 14.1. The van der Waals surface area contributed by atoms with Crippen molar-refractivity contribution in [3.8, 4) is 17.2 Å². The number of aryl methyl sites for hydroxylation is 1. The minimum absolute atomic E-state index is 0.0345. The second-order valence-electron chi connectivity index (χ2n) is 14.0. The van der Waals surface area contributed by atoms with Crippen LogP contribution in [0, 0.1) is 18.8 Å². The third-order valence-corrected chi connectivity index (χ3v) is 10.9. The fourth-order valence-electron chi connectivity index (χ4n) is 9.14. The summed E-state index contributed by atoms with van der Waals surface area (Å²) >= 11 is 0. The average molecular weight is 607 g/mol. The van der Waals surface area contributed by atoms with Crippen molar-refractivity contribution in [2.45, 2.75) is 76.5 Å². The summed E-state index contributed by atoms with van der Waals surface area (Å²) in [6, 6.07) is 21.0. The first-order valence-electron chi connectivity index (χ1n) is 16.7. The Kier molecular flexibility index (Phi) is 7.89. The van der Waals surface area contributed by atoms with E-state index in [1.807, 2.05) is 18.2 Å². The summed E-state index contributed by atoms with van der Waals surface area (Å²) in [6.45, 7) is 9.07. The lowest BCUT2D eigenvalue weighted by Crippen LogP contribution is -2.69. The monoisotopic (exact) mass is 606 g/mol. The molecule has 2 fully saturated rings. The number of aromatic hydroxyl groups is 1. The molecule has 2 bridgehead atoms. The van der Waals surface area contributed by atoms with Gasteiger partial charge in [0.2, 0.25) is 5.91 Å². The summed E-state index contributed by atoms with van der Waals surface area (Å²) in [4.78, 5) is 18.9. The van der Waals surface area contributed by atoms with E-state index in [4.69, 9.17) is 9.47 Å². The number of hydrogen-bond donors (Lipinski definition) is 1. The Morgan fingerprint density at radius 1 is 1.16 bits per heavy atom. The van der Waals surface area contributed by atoms with Crippen molar-refractivity contribution in [3.05, 3.63) is 94.6 Å². The zero-order chi connectivity index (χ0) is 31.3. The number of phenols is 1. The summed E-state index contributed by atoms with van der Waals surface area (Å²) in [5.74, 6) is 2.43. The van der Waals surface area contributed by atoms with Crippen LogP contribution in [0.15, 0.2) is 66.7 Å². The molecule has 2 aliphatic heterocycles. The maximum Gasteiger partial charge on any atom is 0.246 e. The van der Waals surface area contributed by atoms with Gasteiger partial charge in [-0.25, -0.2) is 0 Å². The first-order valence-corrected chi connectivity index (χ1v) is 16.7. The van der Waals surface area contributed by atoms with E-state index in [0.29, 0.717) is 35.9 Å². The summed E-state index contributed by atoms with van der Waals surface area (Å²) in [7, 11) is 1.65. The third kappa shape index (κ3) is 5.11. The van der Waals surface area contributed by atoms with Crippen LogP contribution in [-0.2, 0) is 23.1 Å². The molecule has 6 heteroatoms. The van der Waals surface area contributed by atoms with Crippen molar-refractivity contribution >= 4 is 12.0 Å². The molecule has 5 atom stereocenters. The average Bonchev–Trinajstić information content (AvgIpc) is 3.38. The van der Waals surface area contributed by atoms with Gasteiger partial charge in [-0.2, -0.15) is 0 Å². The van der Waals surface area contributed by atoms with Crippen molar-refractivity contribution in [1.82, 2.24) is 9.80 Å². The number of nitrogens with zero attached hydrogens (tertiary/aromatic N) is 2. The molecule has 2 heterocycles. The number of benzene rings is 3. The normalized spacial score (nSPS) is 26.5. The van der Waals surface area contributed by atoms with E-state index in [0.717, 1.165) is 67.6 Å². The van der Waals surface area contributed by atoms with Gasteiger partial charge in [0, 0.05) is 47.8 Å². The standard InChI is InChI=1S/C39H46N2O4/c1-25(2)24-41(35(43)16-13-28-12-8-9-26(3)21-28)31-15-14-30-32-22-29-33(42)23-34(44-4)37-36(29)39(30,38(31)45-37)18-20-40(32)19-17-27-10-6-5-7-11-27/h5-13,16,21,23,25,30-32,38,42H,14-15,17-20,22,24H2,1-4H3/t30-,31-,32+,38-,39-/m0/s1. The number of piperidine rings is 1. The van der Waals surface area contributed by atoms with Gasteiger partial charge in [-0.15, -0.1) is 0 Å². The van der Waals surface area contributed by atoms with Crippen LogP contribution < -0.4 is 9.47 Å². The molecule has 45 heavy (non-hydrogen) atoms. The molecule has 0 unspecified atom stereocenters. The Labute approximate surface area is 267 Å². The number of rotatable bonds is 9. The minimum atomic E-state index is -0.262. The molecule has 236 valence electrons. The van der Waals surface area contributed by atoms with Crippen molar-refractivity contribution in [3.63, 3.8) is 0 Å². The first kappa shape index (κ1) is 29.9. The maximum absolute atomic E-state index is 14.1. The van der Waals surface area contributed by atoms with Gasteiger partial charge in [0.1, 0.15) is 11.9 Å². The highest BCUT2D eigenvalue weighted by molar-refractivity contribution is 5.92. The lowest BCUT2D eigenvalue weighted by molar-refractivity contribution is -0.138. The second-order valence-corrected chi connectivity index (χ2v) is 14.0. The van der Waals surface area contributed by atoms with Gasteiger partial charge in [-0.05, 0) is 74.6 Å². The smallest absolute Gasteiger partial charge is 0.246 e. The third-order valence-electron chi connectivity index (χ3n) is 10.9. The Hall–Kier alpha value is -3.77. The number of amides is 1. The lowest BCUT2D eigenvalue weighted by Gasteiger charge is -2.60. The summed E-state index contributed by atoms with van der Waals surface area (Å²) in [5, 5.41) is 11.4. The van der Waals surface area contributed by atoms with E-state index in [1.54, 1.807) is 19.3 Å². The molecule has 1 N–H and O–H groups in total. The van der Waals surface area contributed by atoms with E-state index < -0.39 is 0 Å². The molecule has 1 saturated carbocycles. The molecular weight excluding hydrogens is 560 g/mol. The van der Waals surface area contributed by atoms with E-state index in [9.17, 15) is 9.90 Å². The molecule has 2 aliphatic carbocycles. The molecule has 7 rings (SSSR count). The highest BCUT2D eigenvalue weighted by Crippen LogP contribution is 2.65.